The molecular weight excluding hydrogens is 522 g/mol. The van der Waals surface area contributed by atoms with Gasteiger partial charge < -0.3 is 29.3 Å². The van der Waals surface area contributed by atoms with E-state index in [9.17, 15) is 19.5 Å². The van der Waals surface area contributed by atoms with Crippen molar-refractivity contribution in [3.05, 3.63) is 48.6 Å². The second-order valence-electron chi connectivity index (χ2n) is 12.5. The summed E-state index contributed by atoms with van der Waals surface area (Å²) in [4.78, 5) is 48.4. The topological polar surface area (TPSA) is 99.6 Å². The Morgan fingerprint density at radius 1 is 1.05 bits per heavy atom. The van der Waals surface area contributed by atoms with Crippen LogP contribution in [0.25, 0.3) is 0 Å². The van der Waals surface area contributed by atoms with Crippen LogP contribution >= 0.6 is 0 Å². The molecular formula is C32H43N3O6. The number of aliphatic hydroxyl groups excluding tert-OH is 1. The van der Waals surface area contributed by atoms with E-state index in [1.165, 1.54) is 0 Å². The Kier molecular flexibility index (Phi) is 7.80. The highest BCUT2D eigenvalue weighted by molar-refractivity contribution is 6.04. The zero-order chi connectivity index (χ0) is 29.7. The van der Waals surface area contributed by atoms with Crippen LogP contribution in [0, 0.1) is 17.8 Å². The number of hydrogen-bond donors (Lipinski definition) is 1. The number of hydrogen-bond acceptors (Lipinski definition) is 6. The number of amides is 3. The summed E-state index contributed by atoms with van der Waals surface area (Å²) in [6, 6.07) is 5.77. The van der Waals surface area contributed by atoms with E-state index in [-0.39, 0.29) is 30.2 Å². The lowest BCUT2D eigenvalue weighted by Gasteiger charge is -2.43. The quantitative estimate of drug-likeness (QED) is 0.510. The number of anilines is 1. The van der Waals surface area contributed by atoms with Crippen molar-refractivity contribution in [2.24, 2.45) is 17.8 Å². The van der Waals surface area contributed by atoms with Gasteiger partial charge in [-0.2, -0.15) is 0 Å². The fourth-order valence-electron chi connectivity index (χ4n) is 6.97. The molecule has 0 aromatic heterocycles. The highest BCUT2D eigenvalue weighted by atomic mass is 16.5. The van der Waals surface area contributed by atoms with E-state index < -0.39 is 41.2 Å². The van der Waals surface area contributed by atoms with Gasteiger partial charge in [0.25, 0.3) is 0 Å². The maximum atomic E-state index is 14.6. The number of carbonyl (C=O) groups excluding carboxylic acids is 3. The summed E-state index contributed by atoms with van der Waals surface area (Å²) in [6.45, 7) is 12.7. The van der Waals surface area contributed by atoms with E-state index in [1.807, 2.05) is 90.1 Å². The maximum absolute atomic E-state index is 14.6. The third-order valence-electron chi connectivity index (χ3n) is 9.21. The zero-order valence-electron chi connectivity index (χ0n) is 24.9. The van der Waals surface area contributed by atoms with Gasteiger partial charge in [0.15, 0.2) is 0 Å². The molecule has 1 aromatic rings. The van der Waals surface area contributed by atoms with Gasteiger partial charge in [0, 0.05) is 24.3 Å². The van der Waals surface area contributed by atoms with Crippen LogP contribution in [0.3, 0.4) is 0 Å². The molecule has 1 spiro atoms. The molecule has 2 fully saturated rings. The number of carbonyl (C=O) groups is 3. The largest absolute Gasteiger partial charge is 0.494 e. The highest BCUT2D eigenvalue weighted by Crippen LogP contribution is 2.54. The van der Waals surface area contributed by atoms with Gasteiger partial charge in [0.05, 0.1) is 37.2 Å². The summed E-state index contributed by atoms with van der Waals surface area (Å²) < 4.78 is 12.3. The lowest BCUT2D eigenvalue weighted by molar-refractivity contribution is -0.154. The third-order valence-corrected chi connectivity index (χ3v) is 9.21. The SMILES string of the molecule is CCOc1ccc(N2CC=C[C@H]3O[C@]45C=CCN(C(C)(C)C)C(=O)C4N([C@@H](CO)[C@@H](C)CC)C(=O)[C@@H]5[C@H]3C2=O)cc1. The standard InChI is InChI=1S/C32H43N3O6/c1-7-20(3)23(19-36)35-27-30(39)34(31(4,5)6)18-10-16-32(27)26(29(35)38)25-24(41-32)11-9-17-33(28(25)37)21-12-14-22(15-13-21)40-8-2/h9-16,20,23-27,36H,7-8,17-19H2,1-6H3/t20-,23-,24+,25-,26-,27?,32-/m0/s1. The minimum Gasteiger partial charge on any atom is -0.494 e. The summed E-state index contributed by atoms with van der Waals surface area (Å²) in [5.41, 5.74) is -1.14. The Morgan fingerprint density at radius 2 is 1.76 bits per heavy atom. The Labute approximate surface area is 242 Å². The molecule has 1 unspecified atom stereocenters. The first kappa shape index (κ1) is 29.3. The molecule has 0 saturated carbocycles. The molecule has 4 aliphatic rings. The zero-order valence-corrected chi connectivity index (χ0v) is 24.9. The summed E-state index contributed by atoms with van der Waals surface area (Å²) in [5.74, 6) is -1.84. The molecule has 7 atom stereocenters. The molecule has 4 aliphatic heterocycles. The molecule has 0 radical (unpaired) electrons. The van der Waals surface area contributed by atoms with E-state index in [2.05, 4.69) is 0 Å². The highest BCUT2D eigenvalue weighted by Gasteiger charge is 2.73. The molecule has 0 bridgehead atoms. The van der Waals surface area contributed by atoms with Crippen molar-refractivity contribution in [3.63, 3.8) is 0 Å². The number of likely N-dealkylation sites (tertiary alicyclic amines) is 1. The van der Waals surface area contributed by atoms with Gasteiger partial charge in [-0.05, 0) is 57.9 Å². The Hall–Kier alpha value is -3.17. The molecule has 3 amide bonds. The first-order valence-electron chi connectivity index (χ1n) is 14.8. The molecule has 0 aliphatic carbocycles. The molecule has 9 heteroatoms. The van der Waals surface area contributed by atoms with Crippen LogP contribution in [0.2, 0.25) is 0 Å². The molecule has 4 heterocycles. The van der Waals surface area contributed by atoms with Crippen molar-refractivity contribution >= 4 is 23.4 Å². The van der Waals surface area contributed by atoms with Gasteiger partial charge in [0.1, 0.15) is 17.4 Å². The number of nitrogens with zero attached hydrogens (tertiary/aromatic N) is 3. The number of ether oxygens (including phenoxy) is 2. The number of benzene rings is 1. The summed E-state index contributed by atoms with van der Waals surface area (Å²) in [7, 11) is 0. The molecule has 1 aromatic carbocycles. The van der Waals surface area contributed by atoms with Gasteiger partial charge in [-0.15, -0.1) is 0 Å². The number of fused-ring (bicyclic) bond motifs is 2. The summed E-state index contributed by atoms with van der Waals surface area (Å²) in [6.07, 6.45) is 7.56. The van der Waals surface area contributed by atoms with Crippen molar-refractivity contribution in [1.29, 1.82) is 0 Å². The fraction of sp³-hybridized carbons (Fsp3) is 0.594. The average molecular weight is 566 g/mol. The monoisotopic (exact) mass is 565 g/mol. The molecule has 222 valence electrons. The van der Waals surface area contributed by atoms with E-state index in [4.69, 9.17) is 9.47 Å². The molecule has 5 rings (SSSR count). The molecule has 1 N–H and O–H groups in total. The normalized spacial score (nSPS) is 31.0. The minimum atomic E-state index is -1.33. The molecule has 9 nitrogen and oxygen atoms in total. The van der Waals surface area contributed by atoms with Gasteiger partial charge in [-0.25, -0.2) is 0 Å². The first-order valence-corrected chi connectivity index (χ1v) is 14.8. The average Bonchev–Trinajstić information content (AvgIpc) is 3.24. The second kappa shape index (κ2) is 10.9. The summed E-state index contributed by atoms with van der Waals surface area (Å²) in [5, 5.41) is 10.5. The van der Waals surface area contributed by atoms with Gasteiger partial charge in [-0.3, -0.25) is 14.4 Å². The van der Waals surface area contributed by atoms with E-state index in [0.717, 1.165) is 0 Å². The molecule has 2 saturated heterocycles. The Balaban J connectivity index is 1.61. The Morgan fingerprint density at radius 3 is 2.37 bits per heavy atom. The second-order valence-corrected chi connectivity index (χ2v) is 12.5. The predicted molar refractivity (Wildman–Crippen MR) is 155 cm³/mol. The van der Waals surface area contributed by atoms with Crippen LogP contribution in [0.4, 0.5) is 5.69 Å². The van der Waals surface area contributed by atoms with Crippen LogP contribution in [0.5, 0.6) is 5.75 Å². The van der Waals surface area contributed by atoms with Crippen LogP contribution < -0.4 is 9.64 Å². The fourth-order valence-corrected chi connectivity index (χ4v) is 6.97. The van der Waals surface area contributed by atoms with Crippen molar-refractivity contribution in [3.8, 4) is 5.75 Å². The van der Waals surface area contributed by atoms with Crippen molar-refractivity contribution in [2.75, 3.05) is 31.2 Å². The maximum Gasteiger partial charge on any atom is 0.249 e. The summed E-state index contributed by atoms with van der Waals surface area (Å²) >= 11 is 0. The number of rotatable bonds is 7. The lowest BCUT2D eigenvalue weighted by atomic mass is 9.77. The van der Waals surface area contributed by atoms with Crippen LogP contribution in [0.15, 0.2) is 48.6 Å². The van der Waals surface area contributed by atoms with E-state index >= 15 is 0 Å². The third kappa shape index (κ3) is 4.67. The van der Waals surface area contributed by atoms with E-state index in [1.54, 1.807) is 14.7 Å². The minimum absolute atomic E-state index is 0.0659. The van der Waals surface area contributed by atoms with Crippen molar-refractivity contribution < 1.29 is 29.0 Å². The van der Waals surface area contributed by atoms with Crippen LogP contribution in [0.1, 0.15) is 48.0 Å². The van der Waals surface area contributed by atoms with Crippen molar-refractivity contribution in [1.82, 2.24) is 9.80 Å². The first-order chi connectivity index (χ1) is 19.5. The smallest absolute Gasteiger partial charge is 0.249 e. The molecule has 41 heavy (non-hydrogen) atoms. The Bertz CT molecular complexity index is 1240. The van der Waals surface area contributed by atoms with Gasteiger partial charge >= 0.3 is 0 Å². The number of aliphatic hydroxyl groups is 1. The lowest BCUT2D eigenvalue weighted by Crippen LogP contribution is -2.61. The van der Waals surface area contributed by atoms with Crippen LogP contribution in [-0.4, -0.2) is 88.3 Å². The van der Waals surface area contributed by atoms with Crippen molar-refractivity contribution in [2.45, 2.75) is 77.3 Å². The van der Waals surface area contributed by atoms with Gasteiger partial charge in [0.2, 0.25) is 17.7 Å². The van der Waals surface area contributed by atoms with E-state index in [0.29, 0.717) is 37.6 Å². The predicted octanol–water partition coefficient (Wildman–Crippen LogP) is 3.17. The van der Waals surface area contributed by atoms with Crippen LogP contribution in [-0.2, 0) is 19.1 Å². The van der Waals surface area contributed by atoms with Gasteiger partial charge in [-0.1, -0.05) is 44.6 Å².